The number of rotatable bonds is 6. The van der Waals surface area contributed by atoms with Gasteiger partial charge in [0.2, 0.25) is 0 Å². The van der Waals surface area contributed by atoms with E-state index in [1.807, 2.05) is 0 Å². The Morgan fingerprint density at radius 2 is 1.95 bits per heavy atom. The molecule has 0 rings (SSSR count). The standard InChI is InChI=1S/C15H25NO4/c1-7-9-12(11(3)10-13(17)19-8-2)16-14(18)20-15(4,5)6/h7,10,12H,1,8-9H2,2-6H3,(H,16,18). The molecule has 0 aromatic heterocycles. The van der Waals surface area contributed by atoms with Gasteiger partial charge in [0.15, 0.2) is 0 Å². The van der Waals surface area contributed by atoms with E-state index in [1.165, 1.54) is 6.08 Å². The fourth-order valence-electron chi connectivity index (χ4n) is 1.45. The van der Waals surface area contributed by atoms with Crippen molar-refractivity contribution in [3.8, 4) is 0 Å². The summed E-state index contributed by atoms with van der Waals surface area (Å²) in [5, 5.41) is 2.71. The third-order valence-electron chi connectivity index (χ3n) is 2.28. The lowest BCUT2D eigenvalue weighted by molar-refractivity contribution is -0.137. The molecule has 5 nitrogen and oxygen atoms in total. The molecule has 0 spiro atoms. The maximum absolute atomic E-state index is 11.7. The number of carbonyl (C=O) groups is 2. The van der Waals surface area contributed by atoms with E-state index >= 15 is 0 Å². The molecule has 1 amide bonds. The molecule has 0 bridgehead atoms. The molecule has 0 radical (unpaired) electrons. The zero-order valence-electron chi connectivity index (χ0n) is 13.0. The molecule has 5 heteroatoms. The van der Waals surface area contributed by atoms with Gasteiger partial charge in [0.1, 0.15) is 5.60 Å². The van der Waals surface area contributed by atoms with E-state index in [4.69, 9.17) is 9.47 Å². The molecule has 0 saturated heterocycles. The van der Waals surface area contributed by atoms with E-state index in [0.29, 0.717) is 18.6 Å². The molecule has 0 aromatic rings. The van der Waals surface area contributed by atoms with Crippen LogP contribution in [0.25, 0.3) is 0 Å². The minimum absolute atomic E-state index is 0.314. The normalized spacial score (nSPS) is 13.3. The Hall–Kier alpha value is -1.78. The summed E-state index contributed by atoms with van der Waals surface area (Å²) in [4.78, 5) is 23.2. The maximum Gasteiger partial charge on any atom is 0.408 e. The van der Waals surface area contributed by atoms with Crippen LogP contribution in [-0.4, -0.2) is 30.3 Å². The first-order valence-electron chi connectivity index (χ1n) is 6.65. The Kier molecular flexibility index (Phi) is 7.65. The van der Waals surface area contributed by atoms with Crippen molar-refractivity contribution in [3.63, 3.8) is 0 Å². The summed E-state index contributed by atoms with van der Waals surface area (Å²) in [7, 11) is 0. The molecule has 0 aliphatic rings. The highest BCUT2D eigenvalue weighted by Gasteiger charge is 2.20. The summed E-state index contributed by atoms with van der Waals surface area (Å²) in [6.45, 7) is 12.8. The number of ether oxygens (including phenoxy) is 2. The van der Waals surface area contributed by atoms with E-state index in [1.54, 1.807) is 40.7 Å². The molecule has 114 valence electrons. The van der Waals surface area contributed by atoms with E-state index in [-0.39, 0.29) is 6.04 Å². The third kappa shape index (κ3) is 8.34. The monoisotopic (exact) mass is 283 g/mol. The van der Waals surface area contributed by atoms with Crippen molar-refractivity contribution in [3.05, 3.63) is 24.3 Å². The number of esters is 1. The van der Waals surface area contributed by atoms with Gasteiger partial charge in [-0.15, -0.1) is 6.58 Å². The van der Waals surface area contributed by atoms with Crippen molar-refractivity contribution in [2.24, 2.45) is 0 Å². The first kappa shape index (κ1) is 18.2. The summed E-state index contributed by atoms with van der Waals surface area (Å²) in [5.74, 6) is -0.426. The first-order chi connectivity index (χ1) is 9.19. The topological polar surface area (TPSA) is 64.6 Å². The lowest BCUT2D eigenvalue weighted by atomic mass is 10.1. The number of amides is 1. The quantitative estimate of drug-likeness (QED) is 0.462. The molecular weight excluding hydrogens is 258 g/mol. The van der Waals surface area contributed by atoms with Crippen molar-refractivity contribution in [1.29, 1.82) is 0 Å². The lowest BCUT2D eigenvalue weighted by Gasteiger charge is -2.23. The van der Waals surface area contributed by atoms with Crippen molar-refractivity contribution >= 4 is 12.1 Å². The molecule has 0 aromatic carbocycles. The van der Waals surface area contributed by atoms with Crippen molar-refractivity contribution in [2.75, 3.05) is 6.61 Å². The van der Waals surface area contributed by atoms with Gasteiger partial charge in [-0.3, -0.25) is 0 Å². The molecule has 0 saturated carbocycles. The SMILES string of the molecule is C=CCC(NC(=O)OC(C)(C)C)C(C)=CC(=O)OCC. The Labute approximate surface area is 121 Å². The Morgan fingerprint density at radius 1 is 1.35 bits per heavy atom. The highest BCUT2D eigenvalue weighted by Crippen LogP contribution is 2.11. The van der Waals surface area contributed by atoms with Crippen molar-refractivity contribution < 1.29 is 19.1 Å². The lowest BCUT2D eigenvalue weighted by Crippen LogP contribution is -2.39. The van der Waals surface area contributed by atoms with Crippen LogP contribution in [0, 0.1) is 0 Å². The molecular formula is C15H25NO4. The average molecular weight is 283 g/mol. The van der Waals surface area contributed by atoms with Gasteiger partial charge in [0, 0.05) is 6.08 Å². The fourth-order valence-corrected chi connectivity index (χ4v) is 1.45. The van der Waals surface area contributed by atoms with Crippen LogP contribution in [-0.2, 0) is 14.3 Å². The molecule has 20 heavy (non-hydrogen) atoms. The second-order valence-electron chi connectivity index (χ2n) is 5.36. The Morgan fingerprint density at radius 3 is 2.40 bits per heavy atom. The second-order valence-corrected chi connectivity index (χ2v) is 5.36. The number of alkyl carbamates (subject to hydrolysis) is 1. The van der Waals surface area contributed by atoms with Crippen molar-refractivity contribution in [2.45, 2.75) is 52.7 Å². The van der Waals surface area contributed by atoms with Gasteiger partial charge in [-0.2, -0.15) is 0 Å². The molecule has 1 N–H and O–H groups in total. The zero-order chi connectivity index (χ0) is 15.8. The predicted octanol–water partition coefficient (Wildman–Crippen LogP) is 2.97. The molecule has 1 unspecified atom stereocenters. The van der Waals surface area contributed by atoms with Crippen LogP contribution in [0.5, 0.6) is 0 Å². The van der Waals surface area contributed by atoms with E-state index in [9.17, 15) is 9.59 Å². The smallest absolute Gasteiger partial charge is 0.408 e. The molecule has 1 atom stereocenters. The minimum atomic E-state index is -0.568. The summed E-state index contributed by atoms with van der Waals surface area (Å²) in [5.41, 5.74) is 0.121. The van der Waals surface area contributed by atoms with Crippen molar-refractivity contribution in [1.82, 2.24) is 5.32 Å². The van der Waals surface area contributed by atoms with E-state index in [2.05, 4.69) is 11.9 Å². The van der Waals surface area contributed by atoms with Gasteiger partial charge in [-0.05, 0) is 46.6 Å². The second kappa shape index (κ2) is 8.40. The average Bonchev–Trinajstić information content (AvgIpc) is 2.25. The summed E-state index contributed by atoms with van der Waals surface area (Å²) in [6.07, 6.45) is 3.02. The van der Waals surface area contributed by atoms with Crippen LogP contribution in [0.15, 0.2) is 24.3 Å². The largest absolute Gasteiger partial charge is 0.463 e. The fraction of sp³-hybridized carbons (Fsp3) is 0.600. The van der Waals surface area contributed by atoms with E-state index < -0.39 is 17.7 Å². The van der Waals surface area contributed by atoms with Gasteiger partial charge in [-0.1, -0.05) is 6.08 Å². The number of hydrogen-bond donors (Lipinski definition) is 1. The summed E-state index contributed by atoms with van der Waals surface area (Å²) < 4.78 is 10.0. The van der Waals surface area contributed by atoms with Crippen LogP contribution in [0.4, 0.5) is 4.79 Å². The Balaban J connectivity index is 4.75. The molecule has 0 heterocycles. The highest BCUT2D eigenvalue weighted by atomic mass is 16.6. The van der Waals surface area contributed by atoms with Gasteiger partial charge in [-0.25, -0.2) is 9.59 Å². The minimum Gasteiger partial charge on any atom is -0.463 e. The van der Waals surface area contributed by atoms with Gasteiger partial charge in [0.25, 0.3) is 0 Å². The van der Waals surface area contributed by atoms with Crippen LogP contribution in [0.1, 0.15) is 41.0 Å². The zero-order valence-corrected chi connectivity index (χ0v) is 13.0. The highest BCUT2D eigenvalue weighted by molar-refractivity contribution is 5.83. The van der Waals surface area contributed by atoms with Crippen LogP contribution in [0.2, 0.25) is 0 Å². The van der Waals surface area contributed by atoms with E-state index in [0.717, 1.165) is 0 Å². The summed E-state index contributed by atoms with van der Waals surface area (Å²) >= 11 is 0. The van der Waals surface area contributed by atoms with Crippen LogP contribution < -0.4 is 5.32 Å². The van der Waals surface area contributed by atoms with Crippen LogP contribution >= 0.6 is 0 Å². The summed E-state index contributed by atoms with van der Waals surface area (Å²) in [6, 6.07) is -0.341. The first-order valence-corrected chi connectivity index (χ1v) is 6.65. The predicted molar refractivity (Wildman–Crippen MR) is 78.4 cm³/mol. The maximum atomic E-state index is 11.7. The number of nitrogens with one attached hydrogen (secondary N) is 1. The van der Waals surface area contributed by atoms with Crippen LogP contribution in [0.3, 0.4) is 0 Å². The van der Waals surface area contributed by atoms with Gasteiger partial charge < -0.3 is 14.8 Å². The van der Waals surface area contributed by atoms with Gasteiger partial charge >= 0.3 is 12.1 Å². The Bertz CT molecular complexity index is 380. The number of carbonyl (C=O) groups excluding carboxylic acids is 2. The molecule has 0 aliphatic carbocycles. The number of hydrogen-bond acceptors (Lipinski definition) is 4. The molecule has 0 aliphatic heterocycles. The van der Waals surface area contributed by atoms with Gasteiger partial charge in [0.05, 0.1) is 12.6 Å². The third-order valence-corrected chi connectivity index (χ3v) is 2.28. The molecule has 0 fully saturated rings.